The molecule has 0 unspecified atom stereocenters. The lowest BCUT2D eigenvalue weighted by atomic mass is 10.1. The van der Waals surface area contributed by atoms with E-state index in [1.807, 2.05) is 26.0 Å². The fraction of sp³-hybridized carbons (Fsp3) is 0.625. The Morgan fingerprint density at radius 3 is 2.70 bits per heavy atom. The fourth-order valence-corrected chi connectivity index (χ4v) is 2.50. The number of likely N-dealkylation sites (tertiary alicyclic amines) is 1. The minimum Gasteiger partial charge on any atom is -0.491 e. The minimum absolute atomic E-state index is 0.172. The van der Waals surface area contributed by atoms with Crippen molar-refractivity contribution in [3.63, 3.8) is 0 Å². The number of hydrogen-bond donors (Lipinski definition) is 2. The van der Waals surface area contributed by atoms with Crippen molar-refractivity contribution in [3.8, 4) is 5.75 Å². The Morgan fingerprint density at radius 1 is 1.30 bits per heavy atom. The van der Waals surface area contributed by atoms with Gasteiger partial charge in [0.25, 0.3) is 0 Å². The second-order valence-electron chi connectivity index (χ2n) is 5.77. The van der Waals surface area contributed by atoms with Gasteiger partial charge in [0, 0.05) is 19.6 Å². The zero-order valence-electron chi connectivity index (χ0n) is 12.4. The molecule has 0 saturated carbocycles. The summed E-state index contributed by atoms with van der Waals surface area (Å²) in [5.41, 5.74) is 2.24. The first kappa shape index (κ1) is 15.3. The van der Waals surface area contributed by atoms with Crippen LogP contribution in [0.3, 0.4) is 0 Å². The van der Waals surface area contributed by atoms with Crippen molar-refractivity contribution in [1.82, 2.24) is 4.90 Å². The van der Waals surface area contributed by atoms with Gasteiger partial charge in [0.05, 0.1) is 6.10 Å². The molecule has 0 radical (unpaired) electrons. The molecule has 20 heavy (non-hydrogen) atoms. The highest BCUT2D eigenvalue weighted by Crippen LogP contribution is 2.19. The monoisotopic (exact) mass is 279 g/mol. The first-order valence-corrected chi connectivity index (χ1v) is 7.33. The Labute approximate surface area is 121 Å². The Kier molecular flexibility index (Phi) is 5.40. The van der Waals surface area contributed by atoms with Crippen LogP contribution in [0.4, 0.5) is 0 Å². The van der Waals surface area contributed by atoms with Crippen LogP contribution in [0, 0.1) is 13.8 Å². The van der Waals surface area contributed by atoms with Crippen molar-refractivity contribution in [3.05, 3.63) is 29.3 Å². The molecule has 1 atom stereocenters. The Hall–Kier alpha value is -1.10. The predicted molar refractivity (Wildman–Crippen MR) is 79.1 cm³/mol. The summed E-state index contributed by atoms with van der Waals surface area (Å²) in [7, 11) is 0. The van der Waals surface area contributed by atoms with Crippen LogP contribution in [0.5, 0.6) is 5.75 Å². The van der Waals surface area contributed by atoms with E-state index in [4.69, 9.17) is 4.74 Å². The number of nitrogens with zero attached hydrogens (tertiary/aromatic N) is 1. The van der Waals surface area contributed by atoms with Gasteiger partial charge >= 0.3 is 0 Å². The summed E-state index contributed by atoms with van der Waals surface area (Å²) in [5.74, 6) is 0.845. The smallest absolute Gasteiger partial charge is 0.122 e. The maximum atomic E-state index is 10.1. The van der Waals surface area contributed by atoms with Crippen LogP contribution >= 0.6 is 0 Å². The molecular weight excluding hydrogens is 254 g/mol. The highest BCUT2D eigenvalue weighted by molar-refractivity contribution is 5.35. The highest BCUT2D eigenvalue weighted by Gasteiger charge is 2.19. The third-order valence-electron chi connectivity index (χ3n) is 3.80. The van der Waals surface area contributed by atoms with Crippen LogP contribution in [-0.2, 0) is 0 Å². The molecule has 1 aromatic rings. The van der Waals surface area contributed by atoms with E-state index in [9.17, 15) is 10.2 Å². The largest absolute Gasteiger partial charge is 0.491 e. The number of aryl methyl sites for hydroxylation is 2. The third kappa shape index (κ3) is 4.47. The van der Waals surface area contributed by atoms with Gasteiger partial charge in [-0.15, -0.1) is 0 Å². The standard InChI is InChI=1S/C16H25NO3/c1-12-3-4-13(2)16(9-12)20-11-15(19)10-17-7-5-14(18)6-8-17/h3-4,9,14-15,18-19H,5-8,10-11H2,1-2H3/t15-/m0/s1. The quantitative estimate of drug-likeness (QED) is 0.857. The SMILES string of the molecule is Cc1ccc(C)c(OC[C@@H](O)CN2CCC(O)CC2)c1. The molecule has 0 bridgehead atoms. The van der Waals surface area contributed by atoms with Crippen molar-refractivity contribution in [2.24, 2.45) is 0 Å². The minimum atomic E-state index is -0.495. The van der Waals surface area contributed by atoms with Gasteiger partial charge in [0.2, 0.25) is 0 Å². The van der Waals surface area contributed by atoms with E-state index in [0.717, 1.165) is 42.8 Å². The number of piperidine rings is 1. The van der Waals surface area contributed by atoms with E-state index in [-0.39, 0.29) is 6.10 Å². The van der Waals surface area contributed by atoms with Crippen molar-refractivity contribution in [2.45, 2.75) is 38.9 Å². The zero-order valence-corrected chi connectivity index (χ0v) is 12.4. The summed E-state index contributed by atoms with van der Waals surface area (Å²) in [4.78, 5) is 2.18. The van der Waals surface area contributed by atoms with Gasteiger partial charge in [-0.3, -0.25) is 0 Å². The zero-order chi connectivity index (χ0) is 14.5. The normalized spacial score (nSPS) is 19.0. The van der Waals surface area contributed by atoms with E-state index >= 15 is 0 Å². The van der Waals surface area contributed by atoms with Crippen LogP contribution in [0.25, 0.3) is 0 Å². The van der Waals surface area contributed by atoms with Crippen molar-refractivity contribution >= 4 is 0 Å². The summed E-state index contributed by atoms with van der Waals surface area (Å²) in [5, 5.41) is 19.5. The van der Waals surface area contributed by atoms with Crippen LogP contribution in [0.1, 0.15) is 24.0 Å². The number of benzene rings is 1. The molecule has 1 aliphatic rings. The van der Waals surface area contributed by atoms with Crippen LogP contribution in [0.15, 0.2) is 18.2 Å². The second kappa shape index (κ2) is 7.07. The molecular formula is C16H25NO3. The first-order valence-electron chi connectivity index (χ1n) is 7.33. The van der Waals surface area contributed by atoms with Gasteiger partial charge in [-0.25, -0.2) is 0 Å². The lowest BCUT2D eigenvalue weighted by molar-refractivity contribution is 0.0336. The number of hydrogen-bond acceptors (Lipinski definition) is 4. The van der Waals surface area contributed by atoms with E-state index in [2.05, 4.69) is 11.0 Å². The molecule has 0 spiro atoms. The van der Waals surface area contributed by atoms with Crippen molar-refractivity contribution in [1.29, 1.82) is 0 Å². The maximum absolute atomic E-state index is 10.1. The Bertz CT molecular complexity index is 428. The molecule has 1 heterocycles. The van der Waals surface area contributed by atoms with Crippen molar-refractivity contribution < 1.29 is 14.9 Å². The first-order chi connectivity index (χ1) is 9.54. The molecule has 0 amide bonds. The Balaban J connectivity index is 1.77. The van der Waals surface area contributed by atoms with E-state index in [1.54, 1.807) is 0 Å². The van der Waals surface area contributed by atoms with Gasteiger partial charge in [0.1, 0.15) is 18.5 Å². The lowest BCUT2D eigenvalue weighted by Crippen LogP contribution is -2.41. The van der Waals surface area contributed by atoms with Crippen molar-refractivity contribution in [2.75, 3.05) is 26.2 Å². The number of ether oxygens (including phenoxy) is 1. The highest BCUT2D eigenvalue weighted by atomic mass is 16.5. The molecule has 0 aromatic heterocycles. The Morgan fingerprint density at radius 2 is 2.00 bits per heavy atom. The van der Waals surface area contributed by atoms with Gasteiger partial charge in [-0.2, -0.15) is 0 Å². The van der Waals surface area contributed by atoms with Gasteiger partial charge < -0.3 is 19.8 Å². The summed E-state index contributed by atoms with van der Waals surface area (Å²) in [6, 6.07) is 6.08. The molecule has 112 valence electrons. The van der Waals surface area contributed by atoms with Gasteiger partial charge in [-0.05, 0) is 43.9 Å². The third-order valence-corrected chi connectivity index (χ3v) is 3.80. The molecule has 2 rings (SSSR count). The number of β-amino-alcohol motifs (C(OH)–C–C–N with tert-alkyl or cyclic N) is 1. The molecule has 2 N–H and O–H groups in total. The lowest BCUT2D eigenvalue weighted by Gasteiger charge is -2.30. The molecule has 1 saturated heterocycles. The van der Waals surface area contributed by atoms with Gasteiger partial charge in [0.15, 0.2) is 0 Å². The number of aliphatic hydroxyl groups excluding tert-OH is 2. The molecule has 1 aliphatic heterocycles. The molecule has 4 heteroatoms. The number of rotatable bonds is 5. The molecule has 4 nitrogen and oxygen atoms in total. The molecule has 1 fully saturated rings. The van der Waals surface area contributed by atoms with E-state index in [0.29, 0.717) is 13.2 Å². The second-order valence-corrected chi connectivity index (χ2v) is 5.77. The average Bonchev–Trinajstić information content (AvgIpc) is 2.42. The van der Waals surface area contributed by atoms with E-state index in [1.165, 1.54) is 0 Å². The molecule has 0 aliphatic carbocycles. The summed E-state index contributed by atoms with van der Waals surface area (Å²) in [6.45, 7) is 6.65. The van der Waals surface area contributed by atoms with Gasteiger partial charge in [-0.1, -0.05) is 12.1 Å². The summed E-state index contributed by atoms with van der Waals surface area (Å²) in [6.07, 6.45) is 0.925. The van der Waals surface area contributed by atoms with E-state index < -0.39 is 6.10 Å². The maximum Gasteiger partial charge on any atom is 0.122 e. The number of aliphatic hydroxyl groups is 2. The van der Waals surface area contributed by atoms with Crippen LogP contribution < -0.4 is 4.74 Å². The summed E-state index contributed by atoms with van der Waals surface area (Å²) < 4.78 is 5.72. The average molecular weight is 279 g/mol. The molecule has 1 aromatic carbocycles. The summed E-state index contributed by atoms with van der Waals surface area (Å²) >= 11 is 0. The van der Waals surface area contributed by atoms with Crippen LogP contribution in [-0.4, -0.2) is 53.6 Å². The predicted octanol–water partition coefficient (Wildman–Crippen LogP) is 1.50. The fourth-order valence-electron chi connectivity index (χ4n) is 2.50. The topological polar surface area (TPSA) is 52.9 Å². The van der Waals surface area contributed by atoms with Crippen LogP contribution in [0.2, 0.25) is 0 Å².